The second kappa shape index (κ2) is 4.69. The lowest BCUT2D eigenvalue weighted by Gasteiger charge is -2.14. The van der Waals surface area contributed by atoms with Gasteiger partial charge in [-0.05, 0) is 24.7 Å². The van der Waals surface area contributed by atoms with Crippen molar-refractivity contribution in [2.45, 2.75) is 58.9 Å². The van der Waals surface area contributed by atoms with Crippen LogP contribution in [0, 0.1) is 5.41 Å². The quantitative estimate of drug-likeness (QED) is 0.864. The van der Waals surface area contributed by atoms with Crippen LogP contribution in [0.25, 0.3) is 0 Å². The normalized spacial score (nSPS) is 18.4. The minimum atomic E-state index is 0.176. The zero-order valence-electron chi connectivity index (χ0n) is 11.5. The Hall–Kier alpha value is -0.410. The molecule has 1 aromatic heterocycles. The molecule has 1 aliphatic rings. The van der Waals surface area contributed by atoms with Gasteiger partial charge >= 0.3 is 0 Å². The van der Waals surface area contributed by atoms with Gasteiger partial charge in [0, 0.05) is 23.9 Å². The van der Waals surface area contributed by atoms with E-state index in [1.54, 1.807) is 11.3 Å². The van der Waals surface area contributed by atoms with Crippen LogP contribution < -0.4 is 5.32 Å². The van der Waals surface area contributed by atoms with Gasteiger partial charge < -0.3 is 5.32 Å². The Kier molecular flexibility index (Phi) is 3.60. The van der Waals surface area contributed by atoms with Crippen LogP contribution in [0.5, 0.6) is 0 Å². The third-order valence-corrected chi connectivity index (χ3v) is 4.65. The van der Waals surface area contributed by atoms with Gasteiger partial charge in [0.25, 0.3) is 0 Å². The zero-order valence-corrected chi connectivity index (χ0v) is 12.3. The molecule has 96 valence electrons. The van der Waals surface area contributed by atoms with E-state index in [4.69, 9.17) is 4.98 Å². The number of rotatable bonds is 5. The van der Waals surface area contributed by atoms with Crippen molar-refractivity contribution < 1.29 is 0 Å². The fourth-order valence-corrected chi connectivity index (χ4v) is 2.99. The molecule has 0 aliphatic heterocycles. The van der Waals surface area contributed by atoms with E-state index in [-0.39, 0.29) is 5.41 Å². The van der Waals surface area contributed by atoms with Crippen LogP contribution >= 0.6 is 11.3 Å². The molecule has 1 saturated carbocycles. The summed E-state index contributed by atoms with van der Waals surface area (Å²) in [6.07, 6.45) is 4.12. The molecule has 1 aliphatic carbocycles. The minimum absolute atomic E-state index is 0.176. The largest absolute Gasteiger partial charge is 0.310 e. The Morgan fingerprint density at radius 3 is 2.59 bits per heavy atom. The van der Waals surface area contributed by atoms with Gasteiger partial charge in [-0.25, -0.2) is 4.98 Å². The Morgan fingerprint density at radius 1 is 1.41 bits per heavy atom. The molecular weight excluding hydrogens is 228 g/mol. The molecule has 1 N–H and O–H groups in total. The summed E-state index contributed by atoms with van der Waals surface area (Å²) in [5.41, 5.74) is 2.02. The van der Waals surface area contributed by atoms with Crippen LogP contribution in [0.1, 0.15) is 57.7 Å². The summed E-state index contributed by atoms with van der Waals surface area (Å²) in [5, 5.41) is 6.99. The van der Waals surface area contributed by atoms with Crippen molar-refractivity contribution in [2.75, 3.05) is 6.54 Å². The fourth-order valence-electron chi connectivity index (χ4n) is 2.00. The monoisotopic (exact) mass is 252 g/mol. The van der Waals surface area contributed by atoms with E-state index >= 15 is 0 Å². The Balaban J connectivity index is 1.81. The molecule has 0 bridgehead atoms. The zero-order chi connectivity index (χ0) is 12.5. The standard InChI is InChI=1S/C14H24N2S/c1-5-14(6-7-14)10-15-8-12-16-11(9-17-12)13(2,3)4/h9,15H,5-8,10H2,1-4H3. The third kappa shape index (κ3) is 3.29. The molecular formula is C14H24N2S. The van der Waals surface area contributed by atoms with Crippen LogP contribution in [-0.4, -0.2) is 11.5 Å². The molecule has 0 atom stereocenters. The molecule has 1 fully saturated rings. The molecule has 3 heteroatoms. The summed E-state index contributed by atoms with van der Waals surface area (Å²) in [4.78, 5) is 4.70. The van der Waals surface area contributed by atoms with Crippen LogP contribution in [0.15, 0.2) is 5.38 Å². The Bertz CT molecular complexity index is 372. The minimum Gasteiger partial charge on any atom is -0.310 e. The lowest BCUT2D eigenvalue weighted by molar-refractivity contribution is 0.442. The molecule has 0 aromatic carbocycles. The lowest BCUT2D eigenvalue weighted by atomic mass is 9.93. The van der Waals surface area contributed by atoms with Gasteiger partial charge in [0.2, 0.25) is 0 Å². The number of aromatic nitrogens is 1. The average molecular weight is 252 g/mol. The molecule has 0 saturated heterocycles. The first-order valence-corrected chi connectivity index (χ1v) is 7.49. The van der Waals surface area contributed by atoms with Crippen molar-refractivity contribution in [1.29, 1.82) is 0 Å². The van der Waals surface area contributed by atoms with Crippen molar-refractivity contribution in [1.82, 2.24) is 10.3 Å². The van der Waals surface area contributed by atoms with Crippen molar-refractivity contribution >= 4 is 11.3 Å². The van der Waals surface area contributed by atoms with Crippen molar-refractivity contribution in [3.8, 4) is 0 Å². The first kappa shape index (κ1) is 13.0. The summed E-state index contributed by atoms with van der Waals surface area (Å²) in [6, 6.07) is 0. The molecule has 0 spiro atoms. The fraction of sp³-hybridized carbons (Fsp3) is 0.786. The van der Waals surface area contributed by atoms with E-state index in [1.165, 1.54) is 30.0 Å². The first-order valence-electron chi connectivity index (χ1n) is 6.61. The smallest absolute Gasteiger partial charge is 0.107 e. The summed E-state index contributed by atoms with van der Waals surface area (Å²) in [6.45, 7) is 11.0. The molecule has 0 unspecified atom stereocenters. The van der Waals surface area contributed by atoms with Gasteiger partial charge in [-0.3, -0.25) is 0 Å². The summed E-state index contributed by atoms with van der Waals surface area (Å²) in [7, 11) is 0. The molecule has 2 rings (SSSR count). The maximum Gasteiger partial charge on any atom is 0.107 e. The molecule has 0 amide bonds. The van der Waals surface area contributed by atoms with E-state index < -0.39 is 0 Å². The Morgan fingerprint density at radius 2 is 2.12 bits per heavy atom. The van der Waals surface area contributed by atoms with E-state index in [1.807, 2.05) is 0 Å². The SMILES string of the molecule is CCC1(CNCc2nc(C(C)(C)C)cs2)CC1. The second-order valence-corrected chi connectivity index (χ2v) is 7.28. The van der Waals surface area contributed by atoms with Gasteiger partial charge in [0.1, 0.15) is 5.01 Å². The van der Waals surface area contributed by atoms with Crippen LogP contribution in [0.2, 0.25) is 0 Å². The molecule has 1 heterocycles. The van der Waals surface area contributed by atoms with Crippen molar-refractivity contribution in [2.24, 2.45) is 5.41 Å². The van der Waals surface area contributed by atoms with E-state index in [0.717, 1.165) is 13.1 Å². The summed E-state index contributed by atoms with van der Waals surface area (Å²) >= 11 is 1.78. The number of hydrogen-bond donors (Lipinski definition) is 1. The summed E-state index contributed by atoms with van der Waals surface area (Å²) < 4.78 is 0. The highest BCUT2D eigenvalue weighted by Crippen LogP contribution is 2.47. The summed E-state index contributed by atoms with van der Waals surface area (Å²) in [5.74, 6) is 0. The van der Waals surface area contributed by atoms with Gasteiger partial charge in [-0.2, -0.15) is 0 Å². The van der Waals surface area contributed by atoms with Crippen LogP contribution in [0.4, 0.5) is 0 Å². The highest BCUT2D eigenvalue weighted by Gasteiger charge is 2.39. The van der Waals surface area contributed by atoms with E-state index in [0.29, 0.717) is 5.41 Å². The molecule has 1 aromatic rings. The van der Waals surface area contributed by atoms with Crippen LogP contribution in [0.3, 0.4) is 0 Å². The predicted octanol–water partition coefficient (Wildman–Crippen LogP) is 3.72. The van der Waals surface area contributed by atoms with Gasteiger partial charge in [-0.1, -0.05) is 27.7 Å². The highest BCUT2D eigenvalue weighted by molar-refractivity contribution is 7.09. The van der Waals surface area contributed by atoms with Gasteiger partial charge in [0.15, 0.2) is 0 Å². The van der Waals surface area contributed by atoms with Crippen molar-refractivity contribution in [3.05, 3.63) is 16.1 Å². The number of nitrogens with one attached hydrogen (secondary N) is 1. The third-order valence-electron chi connectivity index (χ3n) is 3.80. The van der Waals surface area contributed by atoms with Gasteiger partial charge in [-0.15, -0.1) is 11.3 Å². The Labute approximate surface area is 109 Å². The number of hydrogen-bond acceptors (Lipinski definition) is 3. The lowest BCUT2D eigenvalue weighted by Crippen LogP contribution is -2.23. The van der Waals surface area contributed by atoms with Crippen LogP contribution in [-0.2, 0) is 12.0 Å². The average Bonchev–Trinajstić information content (AvgIpc) is 2.86. The molecule has 0 radical (unpaired) electrons. The highest BCUT2D eigenvalue weighted by atomic mass is 32.1. The van der Waals surface area contributed by atoms with Gasteiger partial charge in [0.05, 0.1) is 5.69 Å². The predicted molar refractivity (Wildman–Crippen MR) is 74.5 cm³/mol. The second-order valence-electron chi connectivity index (χ2n) is 6.33. The maximum atomic E-state index is 4.70. The first-order chi connectivity index (χ1) is 7.95. The molecule has 17 heavy (non-hydrogen) atoms. The topological polar surface area (TPSA) is 24.9 Å². The number of nitrogens with zero attached hydrogens (tertiary/aromatic N) is 1. The number of thiazole rings is 1. The molecule has 2 nitrogen and oxygen atoms in total. The van der Waals surface area contributed by atoms with E-state index in [9.17, 15) is 0 Å². The van der Waals surface area contributed by atoms with Crippen molar-refractivity contribution in [3.63, 3.8) is 0 Å². The van der Waals surface area contributed by atoms with E-state index in [2.05, 4.69) is 38.4 Å². The maximum absolute atomic E-state index is 4.70.